The monoisotopic (exact) mass is 333 g/mol. The van der Waals surface area contributed by atoms with Gasteiger partial charge in [0.05, 0.1) is 5.02 Å². The van der Waals surface area contributed by atoms with Crippen LogP contribution in [-0.4, -0.2) is 15.0 Å². The number of aromatic nitrogens is 3. The molecule has 0 bridgehead atoms. The molecule has 0 fully saturated rings. The van der Waals surface area contributed by atoms with Crippen molar-refractivity contribution >= 4 is 35.0 Å². The summed E-state index contributed by atoms with van der Waals surface area (Å²) in [4.78, 5) is 13.0. The zero-order valence-corrected chi connectivity index (χ0v) is 13.0. The van der Waals surface area contributed by atoms with Gasteiger partial charge in [0.2, 0.25) is 0 Å². The van der Waals surface area contributed by atoms with Crippen LogP contribution >= 0.6 is 35.0 Å². The normalized spacial score (nSPS) is 10.6. The fourth-order valence-corrected chi connectivity index (χ4v) is 2.98. The van der Waals surface area contributed by atoms with Crippen molar-refractivity contribution in [1.29, 1.82) is 0 Å². The van der Waals surface area contributed by atoms with Crippen molar-refractivity contribution in [3.63, 3.8) is 0 Å². The van der Waals surface area contributed by atoms with Crippen molar-refractivity contribution in [1.82, 2.24) is 15.0 Å². The number of hydrogen-bond acceptors (Lipinski definition) is 4. The molecule has 0 N–H and O–H groups in total. The third-order valence-corrected chi connectivity index (χ3v) is 4.18. The van der Waals surface area contributed by atoms with E-state index in [0.29, 0.717) is 26.1 Å². The van der Waals surface area contributed by atoms with Crippen molar-refractivity contribution in [2.45, 2.75) is 10.1 Å². The number of nitrogens with zero attached hydrogens (tertiary/aromatic N) is 3. The van der Waals surface area contributed by atoms with Crippen molar-refractivity contribution in [2.75, 3.05) is 0 Å². The Kier molecular flexibility index (Phi) is 4.39. The SMILES string of the molecule is Clc1cc(Sc2ncccc2Cl)nc(-c2ccccc2)n1. The van der Waals surface area contributed by atoms with E-state index < -0.39 is 0 Å². The summed E-state index contributed by atoms with van der Waals surface area (Å²) < 4.78 is 0. The highest BCUT2D eigenvalue weighted by molar-refractivity contribution is 7.99. The summed E-state index contributed by atoms with van der Waals surface area (Å²) in [5.41, 5.74) is 0.911. The van der Waals surface area contributed by atoms with Crippen LogP contribution in [0, 0.1) is 0 Å². The van der Waals surface area contributed by atoms with Gasteiger partial charge in [0.1, 0.15) is 15.2 Å². The van der Waals surface area contributed by atoms with Gasteiger partial charge in [0.25, 0.3) is 0 Å². The molecule has 2 heterocycles. The first kappa shape index (κ1) is 14.3. The largest absolute Gasteiger partial charge is 0.248 e. The Morgan fingerprint density at radius 2 is 1.71 bits per heavy atom. The first-order valence-corrected chi connectivity index (χ1v) is 7.68. The van der Waals surface area contributed by atoms with Crippen LogP contribution in [0.4, 0.5) is 0 Å². The van der Waals surface area contributed by atoms with Gasteiger partial charge in [0, 0.05) is 17.8 Å². The summed E-state index contributed by atoms with van der Waals surface area (Å²) in [5.74, 6) is 0.581. The minimum Gasteiger partial charge on any atom is -0.248 e. The summed E-state index contributed by atoms with van der Waals surface area (Å²) in [6.45, 7) is 0. The molecule has 3 aromatic rings. The molecule has 21 heavy (non-hydrogen) atoms. The van der Waals surface area contributed by atoms with Crippen LogP contribution in [0.2, 0.25) is 10.2 Å². The lowest BCUT2D eigenvalue weighted by atomic mass is 10.2. The first-order valence-electron chi connectivity index (χ1n) is 6.11. The molecule has 0 atom stereocenters. The molecule has 3 nitrogen and oxygen atoms in total. The molecule has 0 aliphatic carbocycles. The molecular formula is C15H9Cl2N3S. The molecule has 0 aliphatic rings. The molecule has 0 aliphatic heterocycles. The van der Waals surface area contributed by atoms with Gasteiger partial charge in [-0.1, -0.05) is 53.5 Å². The number of rotatable bonds is 3. The van der Waals surface area contributed by atoms with E-state index in [4.69, 9.17) is 23.2 Å². The first-order chi connectivity index (χ1) is 10.2. The van der Waals surface area contributed by atoms with Gasteiger partial charge in [-0.05, 0) is 23.9 Å². The van der Waals surface area contributed by atoms with Crippen molar-refractivity contribution in [3.05, 3.63) is 64.9 Å². The zero-order chi connectivity index (χ0) is 14.7. The third-order valence-electron chi connectivity index (χ3n) is 2.63. The number of pyridine rings is 1. The highest BCUT2D eigenvalue weighted by Gasteiger charge is 2.09. The van der Waals surface area contributed by atoms with E-state index >= 15 is 0 Å². The lowest BCUT2D eigenvalue weighted by Crippen LogP contribution is -1.92. The summed E-state index contributed by atoms with van der Waals surface area (Å²) in [6.07, 6.45) is 1.69. The predicted octanol–water partition coefficient (Wildman–Crippen LogP) is 5.00. The third kappa shape index (κ3) is 3.53. The van der Waals surface area contributed by atoms with Crippen LogP contribution in [0.5, 0.6) is 0 Å². The molecule has 0 unspecified atom stereocenters. The molecule has 3 rings (SSSR count). The quantitative estimate of drug-likeness (QED) is 0.632. The second-order valence-corrected chi connectivity index (χ2v) is 5.91. The van der Waals surface area contributed by atoms with E-state index in [-0.39, 0.29) is 0 Å². The van der Waals surface area contributed by atoms with E-state index in [1.807, 2.05) is 30.3 Å². The van der Waals surface area contributed by atoms with Crippen LogP contribution in [-0.2, 0) is 0 Å². The van der Waals surface area contributed by atoms with Crippen molar-refractivity contribution < 1.29 is 0 Å². The van der Waals surface area contributed by atoms with Gasteiger partial charge < -0.3 is 0 Å². The molecule has 0 spiro atoms. The number of hydrogen-bond donors (Lipinski definition) is 0. The topological polar surface area (TPSA) is 38.7 Å². The van der Waals surface area contributed by atoms with Gasteiger partial charge in [-0.3, -0.25) is 0 Å². The van der Waals surface area contributed by atoms with E-state index in [2.05, 4.69) is 15.0 Å². The van der Waals surface area contributed by atoms with E-state index in [9.17, 15) is 0 Å². The molecule has 6 heteroatoms. The van der Waals surface area contributed by atoms with E-state index in [1.165, 1.54) is 11.8 Å². The van der Waals surface area contributed by atoms with Gasteiger partial charge in [-0.25, -0.2) is 15.0 Å². The van der Waals surface area contributed by atoms with Crippen LogP contribution < -0.4 is 0 Å². The Labute approximate surface area is 136 Å². The Morgan fingerprint density at radius 1 is 0.905 bits per heavy atom. The lowest BCUT2D eigenvalue weighted by Gasteiger charge is -2.05. The maximum absolute atomic E-state index is 6.11. The molecule has 2 aromatic heterocycles. The van der Waals surface area contributed by atoms with E-state index in [1.54, 1.807) is 24.4 Å². The average Bonchev–Trinajstić information content (AvgIpc) is 2.50. The molecule has 104 valence electrons. The highest BCUT2D eigenvalue weighted by Crippen LogP contribution is 2.32. The smallest absolute Gasteiger partial charge is 0.162 e. The molecule has 0 radical (unpaired) electrons. The van der Waals surface area contributed by atoms with Gasteiger partial charge in [0.15, 0.2) is 5.82 Å². The van der Waals surface area contributed by atoms with Crippen molar-refractivity contribution in [3.8, 4) is 11.4 Å². The molecule has 0 saturated heterocycles. The second-order valence-electron chi connectivity index (χ2n) is 4.11. The Morgan fingerprint density at radius 3 is 2.48 bits per heavy atom. The maximum atomic E-state index is 6.11. The zero-order valence-electron chi connectivity index (χ0n) is 10.7. The van der Waals surface area contributed by atoms with Crippen LogP contribution in [0.15, 0.2) is 64.8 Å². The fraction of sp³-hybridized carbons (Fsp3) is 0. The maximum Gasteiger partial charge on any atom is 0.162 e. The Bertz CT molecular complexity index is 766. The fourth-order valence-electron chi connectivity index (χ4n) is 1.71. The predicted molar refractivity (Wildman–Crippen MR) is 85.8 cm³/mol. The van der Waals surface area contributed by atoms with Crippen LogP contribution in [0.1, 0.15) is 0 Å². The molecule has 1 aromatic carbocycles. The second kappa shape index (κ2) is 6.43. The summed E-state index contributed by atoms with van der Waals surface area (Å²) in [7, 11) is 0. The standard InChI is InChI=1S/C15H9Cl2N3S/c16-11-7-4-8-18-15(11)21-13-9-12(17)19-14(20-13)10-5-2-1-3-6-10/h1-9H. The molecule has 0 saturated carbocycles. The van der Waals surface area contributed by atoms with Crippen LogP contribution in [0.3, 0.4) is 0 Å². The summed E-state index contributed by atoms with van der Waals surface area (Å²) in [5, 5.41) is 2.36. The lowest BCUT2D eigenvalue weighted by molar-refractivity contribution is 1.05. The Balaban J connectivity index is 1.97. The molecular weight excluding hydrogens is 325 g/mol. The van der Waals surface area contributed by atoms with Gasteiger partial charge in [-0.15, -0.1) is 0 Å². The van der Waals surface area contributed by atoms with Gasteiger partial charge in [-0.2, -0.15) is 0 Å². The van der Waals surface area contributed by atoms with Gasteiger partial charge >= 0.3 is 0 Å². The minimum absolute atomic E-state index is 0.387. The number of benzene rings is 1. The summed E-state index contributed by atoms with van der Waals surface area (Å²) in [6, 6.07) is 15.0. The number of halogens is 2. The van der Waals surface area contributed by atoms with Crippen LogP contribution in [0.25, 0.3) is 11.4 Å². The minimum atomic E-state index is 0.387. The molecule has 0 amide bonds. The average molecular weight is 334 g/mol. The Hall–Kier alpha value is -1.62. The highest BCUT2D eigenvalue weighted by atomic mass is 35.5. The summed E-state index contributed by atoms with van der Waals surface area (Å²) >= 11 is 13.6. The van der Waals surface area contributed by atoms with Crippen molar-refractivity contribution in [2.24, 2.45) is 0 Å². The van der Waals surface area contributed by atoms with E-state index in [0.717, 1.165) is 5.56 Å².